The van der Waals surface area contributed by atoms with Crippen molar-refractivity contribution in [2.24, 2.45) is 11.7 Å². The molecule has 1 atom stereocenters. The van der Waals surface area contributed by atoms with Crippen LogP contribution in [-0.2, 0) is 0 Å². The van der Waals surface area contributed by atoms with Crippen LogP contribution in [0, 0.1) is 11.7 Å². The first kappa shape index (κ1) is 11.8. The van der Waals surface area contributed by atoms with Crippen molar-refractivity contribution in [2.45, 2.75) is 18.9 Å². The van der Waals surface area contributed by atoms with E-state index in [0.717, 1.165) is 18.4 Å². The van der Waals surface area contributed by atoms with Crippen LogP contribution in [0.1, 0.15) is 24.4 Å². The first-order chi connectivity index (χ1) is 6.18. The van der Waals surface area contributed by atoms with E-state index in [2.05, 4.69) is 0 Å². The van der Waals surface area contributed by atoms with Crippen LogP contribution in [0.3, 0.4) is 0 Å². The fourth-order valence-corrected chi connectivity index (χ4v) is 1.72. The molecule has 2 rings (SSSR count). The number of hydrogen-bond donors (Lipinski definition) is 1. The lowest BCUT2D eigenvalue weighted by molar-refractivity contribution is 0.602. The summed E-state index contributed by atoms with van der Waals surface area (Å²) in [5, 5.41) is 0.570. The molecule has 78 valence electrons. The van der Waals surface area contributed by atoms with Crippen LogP contribution in [0.5, 0.6) is 0 Å². The van der Waals surface area contributed by atoms with E-state index in [-0.39, 0.29) is 24.3 Å². The molecule has 4 heteroatoms. The Balaban J connectivity index is 0.000000980. The Morgan fingerprint density at radius 2 is 2.07 bits per heavy atom. The van der Waals surface area contributed by atoms with E-state index in [1.165, 1.54) is 12.1 Å². The van der Waals surface area contributed by atoms with Crippen molar-refractivity contribution in [3.05, 3.63) is 34.6 Å². The van der Waals surface area contributed by atoms with Gasteiger partial charge in [0.2, 0.25) is 0 Å². The molecule has 0 aliphatic heterocycles. The maximum Gasteiger partial charge on any atom is 0.123 e. The van der Waals surface area contributed by atoms with Crippen molar-refractivity contribution in [1.82, 2.24) is 0 Å². The first-order valence-corrected chi connectivity index (χ1v) is 4.77. The van der Waals surface area contributed by atoms with Crippen LogP contribution in [0.4, 0.5) is 4.39 Å². The van der Waals surface area contributed by atoms with Gasteiger partial charge in [0.05, 0.1) is 0 Å². The van der Waals surface area contributed by atoms with Gasteiger partial charge in [0.1, 0.15) is 5.82 Å². The molecular weight excluding hydrogens is 224 g/mol. The normalized spacial score (nSPS) is 17.4. The summed E-state index contributed by atoms with van der Waals surface area (Å²) in [6, 6.07) is 4.26. The van der Waals surface area contributed by atoms with E-state index in [1.807, 2.05) is 0 Å². The molecule has 1 unspecified atom stereocenters. The Morgan fingerprint density at radius 1 is 1.43 bits per heavy atom. The standard InChI is InChI=1S/C10H11ClFN.ClH/c11-9-4-3-7(12)5-8(9)10(13)6-1-2-6;/h3-6,10H,1-2,13H2;1H. The molecule has 1 aliphatic carbocycles. The first-order valence-electron chi connectivity index (χ1n) is 4.39. The summed E-state index contributed by atoms with van der Waals surface area (Å²) in [6.07, 6.45) is 2.27. The van der Waals surface area contributed by atoms with Gasteiger partial charge in [-0.05, 0) is 42.5 Å². The lowest BCUT2D eigenvalue weighted by Gasteiger charge is -2.12. The van der Waals surface area contributed by atoms with Gasteiger partial charge in [-0.2, -0.15) is 0 Å². The van der Waals surface area contributed by atoms with E-state index in [4.69, 9.17) is 17.3 Å². The van der Waals surface area contributed by atoms with Gasteiger partial charge in [0, 0.05) is 11.1 Å². The predicted molar refractivity (Wildman–Crippen MR) is 58.3 cm³/mol. The molecule has 1 saturated carbocycles. The Kier molecular flexibility index (Phi) is 3.76. The molecule has 1 fully saturated rings. The zero-order chi connectivity index (χ0) is 9.42. The average molecular weight is 236 g/mol. The van der Waals surface area contributed by atoms with Crippen molar-refractivity contribution in [3.8, 4) is 0 Å². The largest absolute Gasteiger partial charge is 0.324 e. The third-order valence-electron chi connectivity index (χ3n) is 2.45. The summed E-state index contributed by atoms with van der Waals surface area (Å²) in [7, 11) is 0. The number of nitrogens with two attached hydrogens (primary N) is 1. The SMILES string of the molecule is Cl.NC(c1cc(F)ccc1Cl)C1CC1. The van der Waals surface area contributed by atoms with E-state index in [1.54, 1.807) is 6.07 Å². The van der Waals surface area contributed by atoms with Crippen LogP contribution in [-0.4, -0.2) is 0 Å². The molecule has 1 aromatic carbocycles. The molecule has 0 spiro atoms. The highest BCUT2D eigenvalue weighted by Gasteiger charge is 2.30. The Labute approximate surface area is 93.8 Å². The second-order valence-corrected chi connectivity index (χ2v) is 3.94. The van der Waals surface area contributed by atoms with E-state index >= 15 is 0 Å². The minimum absolute atomic E-state index is 0. The Morgan fingerprint density at radius 3 is 2.64 bits per heavy atom. The van der Waals surface area contributed by atoms with E-state index < -0.39 is 0 Å². The monoisotopic (exact) mass is 235 g/mol. The topological polar surface area (TPSA) is 26.0 Å². The summed E-state index contributed by atoms with van der Waals surface area (Å²) in [6.45, 7) is 0. The number of rotatable bonds is 2. The summed E-state index contributed by atoms with van der Waals surface area (Å²) >= 11 is 5.92. The molecular formula is C10H12Cl2FN. The maximum absolute atomic E-state index is 12.9. The highest BCUT2D eigenvalue weighted by Crippen LogP contribution is 2.41. The van der Waals surface area contributed by atoms with Gasteiger partial charge in [-0.1, -0.05) is 11.6 Å². The minimum Gasteiger partial charge on any atom is -0.324 e. The van der Waals surface area contributed by atoms with Gasteiger partial charge in [-0.15, -0.1) is 12.4 Å². The van der Waals surface area contributed by atoms with Crippen LogP contribution < -0.4 is 5.73 Å². The van der Waals surface area contributed by atoms with Crippen LogP contribution in [0.2, 0.25) is 5.02 Å². The fraction of sp³-hybridized carbons (Fsp3) is 0.400. The zero-order valence-corrected chi connectivity index (χ0v) is 9.11. The maximum atomic E-state index is 12.9. The molecule has 2 N–H and O–H groups in total. The van der Waals surface area contributed by atoms with Crippen LogP contribution in [0.25, 0.3) is 0 Å². The number of halogens is 3. The van der Waals surface area contributed by atoms with Gasteiger partial charge in [0.15, 0.2) is 0 Å². The Hall–Kier alpha value is -0.310. The van der Waals surface area contributed by atoms with Gasteiger partial charge < -0.3 is 5.73 Å². The lowest BCUT2D eigenvalue weighted by atomic mass is 10.0. The molecule has 1 nitrogen and oxygen atoms in total. The minimum atomic E-state index is -0.268. The second kappa shape index (κ2) is 4.47. The fourth-order valence-electron chi connectivity index (χ4n) is 1.48. The highest BCUT2D eigenvalue weighted by atomic mass is 35.5. The molecule has 0 heterocycles. The van der Waals surface area contributed by atoms with Gasteiger partial charge in [0.25, 0.3) is 0 Å². The smallest absolute Gasteiger partial charge is 0.123 e. The molecule has 0 bridgehead atoms. The summed E-state index contributed by atoms with van der Waals surface area (Å²) in [5.41, 5.74) is 6.66. The number of benzene rings is 1. The van der Waals surface area contributed by atoms with Gasteiger partial charge in [-0.3, -0.25) is 0 Å². The van der Waals surface area contributed by atoms with Crippen molar-refractivity contribution in [2.75, 3.05) is 0 Å². The van der Waals surface area contributed by atoms with Crippen molar-refractivity contribution >= 4 is 24.0 Å². The van der Waals surface area contributed by atoms with E-state index in [9.17, 15) is 4.39 Å². The quantitative estimate of drug-likeness (QED) is 0.837. The molecule has 0 radical (unpaired) electrons. The number of hydrogen-bond acceptors (Lipinski definition) is 1. The second-order valence-electron chi connectivity index (χ2n) is 3.53. The Bertz CT molecular complexity index is 326. The predicted octanol–water partition coefficient (Wildman–Crippen LogP) is 3.31. The summed E-state index contributed by atoms with van der Waals surface area (Å²) < 4.78 is 12.9. The van der Waals surface area contributed by atoms with Crippen molar-refractivity contribution in [1.29, 1.82) is 0 Å². The zero-order valence-electron chi connectivity index (χ0n) is 7.54. The average Bonchev–Trinajstić information content (AvgIpc) is 2.91. The molecule has 0 saturated heterocycles. The lowest BCUT2D eigenvalue weighted by Crippen LogP contribution is -2.13. The molecule has 0 amide bonds. The van der Waals surface area contributed by atoms with Gasteiger partial charge in [-0.25, -0.2) is 4.39 Å². The van der Waals surface area contributed by atoms with Crippen molar-refractivity contribution < 1.29 is 4.39 Å². The van der Waals surface area contributed by atoms with Crippen molar-refractivity contribution in [3.63, 3.8) is 0 Å². The van der Waals surface area contributed by atoms with E-state index in [0.29, 0.717) is 10.9 Å². The molecule has 0 aromatic heterocycles. The molecule has 1 aromatic rings. The van der Waals surface area contributed by atoms with Crippen LogP contribution >= 0.6 is 24.0 Å². The third kappa shape index (κ3) is 2.38. The van der Waals surface area contributed by atoms with Crippen LogP contribution in [0.15, 0.2) is 18.2 Å². The summed E-state index contributed by atoms with van der Waals surface area (Å²) in [4.78, 5) is 0. The molecule has 1 aliphatic rings. The molecule has 14 heavy (non-hydrogen) atoms. The third-order valence-corrected chi connectivity index (χ3v) is 2.79. The highest BCUT2D eigenvalue weighted by molar-refractivity contribution is 6.31. The van der Waals surface area contributed by atoms with Gasteiger partial charge >= 0.3 is 0 Å². The summed E-state index contributed by atoms with van der Waals surface area (Å²) in [5.74, 6) is 0.231.